The Labute approximate surface area is 101 Å². The van der Waals surface area contributed by atoms with E-state index in [2.05, 4.69) is 32.2 Å². The summed E-state index contributed by atoms with van der Waals surface area (Å²) in [7, 11) is 0. The molecule has 16 heavy (non-hydrogen) atoms. The van der Waals surface area contributed by atoms with Crippen LogP contribution in [0.1, 0.15) is 51.9 Å². The summed E-state index contributed by atoms with van der Waals surface area (Å²) in [6.45, 7) is 10.2. The fourth-order valence-electron chi connectivity index (χ4n) is 3.35. The summed E-state index contributed by atoms with van der Waals surface area (Å²) in [6, 6.07) is 0. The van der Waals surface area contributed by atoms with Gasteiger partial charge in [-0.05, 0) is 55.3 Å². The zero-order chi connectivity index (χ0) is 11.6. The van der Waals surface area contributed by atoms with Gasteiger partial charge in [0.15, 0.2) is 0 Å². The minimum absolute atomic E-state index is 0.670. The molecule has 0 radical (unpaired) electrons. The van der Waals surface area contributed by atoms with Crippen LogP contribution >= 0.6 is 0 Å². The number of unbranched alkanes of at least 4 members (excludes halogenated alkanes) is 1. The third-order valence-electron chi connectivity index (χ3n) is 4.93. The molecule has 0 saturated heterocycles. The molecule has 2 fully saturated rings. The van der Waals surface area contributed by atoms with Crippen molar-refractivity contribution in [2.75, 3.05) is 0 Å². The lowest BCUT2D eigenvalue weighted by Crippen LogP contribution is -2.01. The van der Waals surface area contributed by atoms with Crippen LogP contribution in [0.15, 0.2) is 25.3 Å². The lowest BCUT2D eigenvalue weighted by molar-refractivity contribution is 0.404. The lowest BCUT2D eigenvalue weighted by Gasteiger charge is -2.13. The van der Waals surface area contributed by atoms with Crippen LogP contribution in [0, 0.1) is 23.2 Å². The van der Waals surface area contributed by atoms with Crippen LogP contribution in [0.4, 0.5) is 0 Å². The quantitative estimate of drug-likeness (QED) is 0.398. The minimum Gasteiger partial charge on any atom is -0.103 e. The van der Waals surface area contributed by atoms with Gasteiger partial charge in [0.25, 0.3) is 0 Å². The first-order valence-electron chi connectivity index (χ1n) is 6.95. The van der Waals surface area contributed by atoms with Gasteiger partial charge in [-0.2, -0.15) is 0 Å². The first-order valence-corrected chi connectivity index (χ1v) is 6.95. The summed E-state index contributed by atoms with van der Waals surface area (Å²) in [4.78, 5) is 0. The highest BCUT2D eigenvalue weighted by molar-refractivity contribution is 5.03. The summed E-state index contributed by atoms with van der Waals surface area (Å²) < 4.78 is 0. The van der Waals surface area contributed by atoms with Gasteiger partial charge in [-0.25, -0.2) is 0 Å². The number of rotatable bonds is 8. The van der Waals surface area contributed by atoms with Crippen molar-refractivity contribution in [2.45, 2.75) is 51.9 Å². The molecule has 0 bridgehead atoms. The fraction of sp³-hybridized carbons (Fsp3) is 0.750. The summed E-state index contributed by atoms with van der Waals surface area (Å²) >= 11 is 0. The van der Waals surface area contributed by atoms with E-state index in [0.717, 1.165) is 17.8 Å². The van der Waals surface area contributed by atoms with Crippen molar-refractivity contribution in [3.05, 3.63) is 25.3 Å². The van der Waals surface area contributed by atoms with Crippen molar-refractivity contribution in [3.63, 3.8) is 0 Å². The van der Waals surface area contributed by atoms with E-state index in [1.807, 2.05) is 0 Å². The van der Waals surface area contributed by atoms with Crippen LogP contribution in [0.25, 0.3) is 0 Å². The normalized spacial score (nSPS) is 40.4. The molecule has 2 aliphatic rings. The summed E-state index contributed by atoms with van der Waals surface area (Å²) in [6.07, 6.45) is 14.1. The van der Waals surface area contributed by atoms with E-state index in [4.69, 9.17) is 0 Å². The summed E-state index contributed by atoms with van der Waals surface area (Å²) in [5.41, 5.74) is 0.670. The monoisotopic (exact) mass is 218 g/mol. The molecule has 4 unspecified atom stereocenters. The van der Waals surface area contributed by atoms with Crippen LogP contribution in [-0.2, 0) is 0 Å². The van der Waals surface area contributed by atoms with Crippen molar-refractivity contribution in [1.29, 1.82) is 0 Å². The topological polar surface area (TPSA) is 0 Å². The summed E-state index contributed by atoms with van der Waals surface area (Å²) in [5.74, 6) is 2.80. The van der Waals surface area contributed by atoms with Crippen molar-refractivity contribution in [2.24, 2.45) is 23.2 Å². The molecule has 0 aromatic heterocycles. The molecular formula is C16H26. The van der Waals surface area contributed by atoms with Gasteiger partial charge in [-0.15, -0.1) is 13.2 Å². The highest BCUT2D eigenvalue weighted by atomic mass is 14.5. The molecule has 90 valence electrons. The van der Waals surface area contributed by atoms with Crippen molar-refractivity contribution < 1.29 is 0 Å². The highest BCUT2D eigenvalue weighted by Gasteiger charge is 2.48. The number of hydrogen-bond acceptors (Lipinski definition) is 0. The fourth-order valence-corrected chi connectivity index (χ4v) is 3.35. The minimum atomic E-state index is 0.670. The maximum atomic E-state index is 3.90. The van der Waals surface area contributed by atoms with Gasteiger partial charge in [0.2, 0.25) is 0 Å². The first kappa shape index (κ1) is 12.0. The Kier molecular flexibility index (Phi) is 3.56. The molecule has 0 N–H and O–H groups in total. The van der Waals surface area contributed by atoms with Crippen molar-refractivity contribution >= 4 is 0 Å². The molecule has 0 amide bonds. The van der Waals surface area contributed by atoms with E-state index in [1.54, 1.807) is 0 Å². The molecule has 2 saturated carbocycles. The van der Waals surface area contributed by atoms with Gasteiger partial charge >= 0.3 is 0 Å². The van der Waals surface area contributed by atoms with Crippen LogP contribution in [0.3, 0.4) is 0 Å². The second kappa shape index (κ2) is 4.77. The molecule has 0 aliphatic heterocycles. The zero-order valence-corrected chi connectivity index (χ0v) is 10.8. The molecule has 0 aromatic carbocycles. The van der Waals surface area contributed by atoms with Gasteiger partial charge in [0.05, 0.1) is 0 Å². The van der Waals surface area contributed by atoms with Crippen molar-refractivity contribution in [3.8, 4) is 0 Å². The molecule has 0 heterocycles. The molecule has 0 aromatic rings. The molecule has 0 heteroatoms. The maximum Gasteiger partial charge on any atom is -0.0205 e. The van der Waals surface area contributed by atoms with E-state index < -0.39 is 0 Å². The van der Waals surface area contributed by atoms with Gasteiger partial charge < -0.3 is 0 Å². The predicted octanol–water partition coefficient (Wildman–Crippen LogP) is 4.97. The zero-order valence-electron chi connectivity index (χ0n) is 10.8. The maximum absolute atomic E-state index is 3.90. The Morgan fingerprint density at radius 2 is 2.06 bits per heavy atom. The highest BCUT2D eigenvalue weighted by Crippen LogP contribution is 2.58. The standard InChI is InChI=1S/C16H26/c1-4-9-16(12-13(16)3)10-7-6-8-15-11-14(15)5-2/h4-5,13-15H,1-2,6-12H2,3H3. The van der Waals surface area contributed by atoms with E-state index in [-0.39, 0.29) is 0 Å². The van der Waals surface area contributed by atoms with E-state index >= 15 is 0 Å². The van der Waals surface area contributed by atoms with E-state index in [1.165, 1.54) is 44.9 Å². The Morgan fingerprint density at radius 1 is 1.31 bits per heavy atom. The first-order chi connectivity index (χ1) is 7.72. The smallest absolute Gasteiger partial charge is 0.0205 e. The van der Waals surface area contributed by atoms with Gasteiger partial charge in [0.1, 0.15) is 0 Å². The molecular weight excluding hydrogens is 192 g/mol. The number of hydrogen-bond donors (Lipinski definition) is 0. The number of allylic oxidation sites excluding steroid dienone is 2. The van der Waals surface area contributed by atoms with Gasteiger partial charge in [-0.3, -0.25) is 0 Å². The molecule has 2 rings (SSSR count). The Bertz CT molecular complexity index is 265. The Balaban J connectivity index is 1.57. The van der Waals surface area contributed by atoms with Crippen LogP contribution in [0.2, 0.25) is 0 Å². The molecule has 0 spiro atoms. The third-order valence-corrected chi connectivity index (χ3v) is 4.93. The third kappa shape index (κ3) is 2.59. The molecule has 2 aliphatic carbocycles. The van der Waals surface area contributed by atoms with Crippen LogP contribution < -0.4 is 0 Å². The predicted molar refractivity (Wildman–Crippen MR) is 71.3 cm³/mol. The largest absolute Gasteiger partial charge is 0.103 e. The Morgan fingerprint density at radius 3 is 2.56 bits per heavy atom. The average molecular weight is 218 g/mol. The van der Waals surface area contributed by atoms with Gasteiger partial charge in [0, 0.05) is 0 Å². The SMILES string of the molecule is C=CCC1(CCCCC2CC2C=C)CC1C. The van der Waals surface area contributed by atoms with Crippen LogP contribution in [0.5, 0.6) is 0 Å². The van der Waals surface area contributed by atoms with Crippen LogP contribution in [-0.4, -0.2) is 0 Å². The Hall–Kier alpha value is -0.520. The van der Waals surface area contributed by atoms with Gasteiger partial charge in [-0.1, -0.05) is 31.9 Å². The average Bonchev–Trinajstić information content (AvgIpc) is 3.13. The molecule has 4 atom stereocenters. The summed E-state index contributed by atoms with van der Waals surface area (Å²) in [5, 5.41) is 0. The van der Waals surface area contributed by atoms with E-state index in [9.17, 15) is 0 Å². The second-order valence-corrected chi connectivity index (χ2v) is 6.10. The second-order valence-electron chi connectivity index (χ2n) is 6.10. The molecule has 0 nitrogen and oxygen atoms in total. The van der Waals surface area contributed by atoms with E-state index in [0.29, 0.717) is 5.41 Å². The van der Waals surface area contributed by atoms with Crippen molar-refractivity contribution in [1.82, 2.24) is 0 Å². The lowest BCUT2D eigenvalue weighted by atomic mass is 9.92.